The second kappa shape index (κ2) is 8.14. The highest BCUT2D eigenvalue weighted by atomic mass is 35.5. The molecule has 146 valence electrons. The lowest BCUT2D eigenvalue weighted by atomic mass is 10.0. The van der Waals surface area contributed by atoms with Crippen LogP contribution in [-0.4, -0.2) is 0 Å². The number of aryl methyl sites for hydroxylation is 2. The average molecular weight is 405 g/mol. The molecule has 4 aromatic rings. The fourth-order valence-electron chi connectivity index (χ4n) is 3.50. The molecule has 0 spiro atoms. The van der Waals surface area contributed by atoms with Gasteiger partial charge < -0.3 is 9.15 Å². The number of halogens is 1. The largest absolute Gasteiger partial charge is 0.488 e. The van der Waals surface area contributed by atoms with E-state index in [1.165, 1.54) is 0 Å². The molecule has 0 bridgehead atoms. The molecule has 0 atom stereocenters. The Balaban J connectivity index is 1.81. The molecule has 0 aliphatic carbocycles. The number of hydrogen-bond donors (Lipinski definition) is 0. The zero-order valence-corrected chi connectivity index (χ0v) is 17.1. The molecule has 0 radical (unpaired) electrons. The molecule has 4 heteroatoms. The highest BCUT2D eigenvalue weighted by Gasteiger charge is 2.17. The number of benzene rings is 3. The summed E-state index contributed by atoms with van der Waals surface area (Å²) in [5, 5.41) is 1.07. The maximum absolute atomic E-state index is 13.3. The second-order valence-electron chi connectivity index (χ2n) is 6.93. The molecule has 0 N–H and O–H groups in total. The van der Waals surface area contributed by atoms with Gasteiger partial charge in [0.2, 0.25) is 5.43 Å². The van der Waals surface area contributed by atoms with Gasteiger partial charge in [0.05, 0.1) is 10.9 Å². The minimum atomic E-state index is -0.0823. The third-order valence-electron chi connectivity index (χ3n) is 5.01. The molecular weight excluding hydrogens is 384 g/mol. The van der Waals surface area contributed by atoms with Gasteiger partial charge in [0.1, 0.15) is 23.7 Å². The molecule has 0 amide bonds. The summed E-state index contributed by atoms with van der Waals surface area (Å²) in [6, 6.07) is 21.0. The van der Waals surface area contributed by atoms with E-state index in [2.05, 4.69) is 0 Å². The summed E-state index contributed by atoms with van der Waals surface area (Å²) >= 11 is 6.34. The Kier molecular flexibility index (Phi) is 5.41. The highest BCUT2D eigenvalue weighted by molar-refractivity contribution is 6.33. The van der Waals surface area contributed by atoms with E-state index in [9.17, 15) is 4.79 Å². The van der Waals surface area contributed by atoms with Crippen LogP contribution in [0.3, 0.4) is 0 Å². The van der Waals surface area contributed by atoms with E-state index in [1.54, 1.807) is 13.0 Å². The SMILES string of the molecule is CCc1cc2c(=O)c(-c3ccccc3Cl)c(C)oc2cc1OCc1ccccc1. The van der Waals surface area contributed by atoms with Crippen LogP contribution in [0, 0.1) is 6.92 Å². The standard InChI is InChI=1S/C25H21ClO3/c1-3-18-13-20-23(14-22(18)28-15-17-9-5-4-6-10-17)29-16(2)24(25(20)27)19-11-7-8-12-21(19)26/h4-14H,3,15H2,1-2H3. The Morgan fingerprint density at radius 2 is 1.72 bits per heavy atom. The van der Waals surface area contributed by atoms with Crippen molar-refractivity contribution < 1.29 is 9.15 Å². The minimum Gasteiger partial charge on any atom is -0.488 e. The second-order valence-corrected chi connectivity index (χ2v) is 7.33. The Morgan fingerprint density at radius 3 is 2.45 bits per heavy atom. The summed E-state index contributed by atoms with van der Waals surface area (Å²) in [4.78, 5) is 13.3. The van der Waals surface area contributed by atoms with Crippen molar-refractivity contribution >= 4 is 22.6 Å². The normalized spacial score (nSPS) is 11.0. The quantitative estimate of drug-likeness (QED) is 0.378. The maximum atomic E-state index is 13.3. The Labute approximate surface area is 174 Å². The molecule has 1 heterocycles. The van der Waals surface area contributed by atoms with Gasteiger partial charge in [0, 0.05) is 16.7 Å². The van der Waals surface area contributed by atoms with Gasteiger partial charge in [-0.05, 0) is 36.6 Å². The van der Waals surface area contributed by atoms with Crippen molar-refractivity contribution in [1.82, 2.24) is 0 Å². The van der Waals surface area contributed by atoms with E-state index in [-0.39, 0.29) is 5.43 Å². The van der Waals surface area contributed by atoms with Gasteiger partial charge >= 0.3 is 0 Å². The van der Waals surface area contributed by atoms with E-state index in [4.69, 9.17) is 20.8 Å². The van der Waals surface area contributed by atoms with Crippen molar-refractivity contribution in [3.8, 4) is 16.9 Å². The van der Waals surface area contributed by atoms with Crippen LogP contribution in [-0.2, 0) is 13.0 Å². The van der Waals surface area contributed by atoms with Crippen molar-refractivity contribution in [3.63, 3.8) is 0 Å². The smallest absolute Gasteiger partial charge is 0.200 e. The van der Waals surface area contributed by atoms with Crippen molar-refractivity contribution in [2.24, 2.45) is 0 Å². The Morgan fingerprint density at radius 1 is 1.00 bits per heavy atom. The molecule has 0 saturated carbocycles. The summed E-state index contributed by atoms with van der Waals surface area (Å²) < 4.78 is 12.1. The van der Waals surface area contributed by atoms with Crippen LogP contribution >= 0.6 is 11.6 Å². The summed E-state index contributed by atoms with van der Waals surface area (Å²) in [7, 11) is 0. The lowest BCUT2D eigenvalue weighted by Crippen LogP contribution is -2.09. The van der Waals surface area contributed by atoms with Crippen molar-refractivity contribution in [2.75, 3.05) is 0 Å². The monoisotopic (exact) mass is 404 g/mol. The van der Waals surface area contributed by atoms with Gasteiger partial charge in [-0.15, -0.1) is 0 Å². The zero-order chi connectivity index (χ0) is 20.4. The Hall–Kier alpha value is -3.04. The fourth-order valence-corrected chi connectivity index (χ4v) is 3.73. The van der Waals surface area contributed by atoms with Crippen LogP contribution in [0.15, 0.2) is 75.9 Å². The first-order chi connectivity index (χ1) is 14.1. The number of rotatable bonds is 5. The summed E-state index contributed by atoms with van der Waals surface area (Å²) in [5.41, 5.74) is 3.67. The molecule has 0 aliphatic rings. The molecule has 0 aliphatic heterocycles. The van der Waals surface area contributed by atoms with Gasteiger partial charge in [-0.25, -0.2) is 0 Å². The predicted molar refractivity (Wildman–Crippen MR) is 118 cm³/mol. The van der Waals surface area contributed by atoms with Crippen molar-refractivity contribution in [1.29, 1.82) is 0 Å². The lowest BCUT2D eigenvalue weighted by molar-refractivity contribution is 0.303. The first-order valence-electron chi connectivity index (χ1n) is 9.60. The highest BCUT2D eigenvalue weighted by Crippen LogP contribution is 2.32. The first kappa shape index (κ1) is 19.3. The molecule has 1 aromatic heterocycles. The molecule has 0 unspecified atom stereocenters. The topological polar surface area (TPSA) is 39.4 Å². The van der Waals surface area contributed by atoms with E-state index >= 15 is 0 Å². The minimum absolute atomic E-state index is 0.0823. The van der Waals surface area contributed by atoms with Gasteiger partial charge in [0.25, 0.3) is 0 Å². The molecule has 3 nitrogen and oxygen atoms in total. The Bertz CT molecular complexity index is 1230. The summed E-state index contributed by atoms with van der Waals surface area (Å²) in [6.45, 7) is 4.29. The van der Waals surface area contributed by atoms with E-state index in [0.29, 0.717) is 39.5 Å². The molecule has 29 heavy (non-hydrogen) atoms. The maximum Gasteiger partial charge on any atom is 0.200 e. The lowest BCUT2D eigenvalue weighted by Gasteiger charge is -2.13. The van der Waals surface area contributed by atoms with Crippen LogP contribution < -0.4 is 10.2 Å². The van der Waals surface area contributed by atoms with Crippen molar-refractivity contribution in [3.05, 3.63) is 98.9 Å². The van der Waals surface area contributed by atoms with Gasteiger partial charge in [-0.1, -0.05) is 67.1 Å². The van der Waals surface area contributed by atoms with Crippen LogP contribution in [0.4, 0.5) is 0 Å². The molecule has 0 fully saturated rings. The van der Waals surface area contributed by atoms with E-state index < -0.39 is 0 Å². The average Bonchev–Trinajstić information content (AvgIpc) is 2.74. The number of ether oxygens (including phenoxy) is 1. The van der Waals surface area contributed by atoms with Gasteiger partial charge in [-0.3, -0.25) is 4.79 Å². The third-order valence-corrected chi connectivity index (χ3v) is 5.34. The number of hydrogen-bond acceptors (Lipinski definition) is 3. The van der Waals surface area contributed by atoms with Crippen LogP contribution in [0.1, 0.15) is 23.8 Å². The molecular formula is C25H21ClO3. The van der Waals surface area contributed by atoms with E-state index in [0.717, 1.165) is 23.3 Å². The van der Waals surface area contributed by atoms with Crippen LogP contribution in [0.25, 0.3) is 22.1 Å². The van der Waals surface area contributed by atoms with E-state index in [1.807, 2.05) is 67.6 Å². The molecule has 3 aromatic carbocycles. The summed E-state index contributed by atoms with van der Waals surface area (Å²) in [5.74, 6) is 1.27. The van der Waals surface area contributed by atoms with Crippen LogP contribution in [0.5, 0.6) is 5.75 Å². The van der Waals surface area contributed by atoms with Gasteiger partial charge in [-0.2, -0.15) is 0 Å². The number of fused-ring (bicyclic) bond motifs is 1. The summed E-state index contributed by atoms with van der Waals surface area (Å²) in [6.07, 6.45) is 0.745. The van der Waals surface area contributed by atoms with Crippen LogP contribution in [0.2, 0.25) is 5.02 Å². The molecule has 0 saturated heterocycles. The predicted octanol–water partition coefficient (Wildman–Crippen LogP) is 6.56. The zero-order valence-electron chi connectivity index (χ0n) is 16.4. The first-order valence-corrected chi connectivity index (χ1v) is 9.98. The third kappa shape index (κ3) is 3.79. The van der Waals surface area contributed by atoms with Gasteiger partial charge in [0.15, 0.2) is 0 Å². The molecule has 4 rings (SSSR count). The van der Waals surface area contributed by atoms with Crippen molar-refractivity contribution in [2.45, 2.75) is 26.9 Å². The fraction of sp³-hybridized carbons (Fsp3) is 0.160.